The lowest BCUT2D eigenvalue weighted by Gasteiger charge is -2.27. The molecule has 29 heavy (non-hydrogen) atoms. The maximum absolute atomic E-state index is 12.6. The Morgan fingerprint density at radius 2 is 2.07 bits per heavy atom. The second kappa shape index (κ2) is 10.5. The fourth-order valence-electron chi connectivity index (χ4n) is 3.81. The topological polar surface area (TPSA) is 60.2 Å². The van der Waals surface area contributed by atoms with Crippen LogP contribution in [0.15, 0.2) is 42.1 Å². The number of aromatic nitrogens is 3. The molecule has 1 saturated carbocycles. The van der Waals surface area contributed by atoms with Crippen LogP contribution < -0.4 is 4.74 Å². The van der Waals surface area contributed by atoms with Crippen LogP contribution in [-0.2, 0) is 11.3 Å². The molecular formula is C22H30N4O2S. The van der Waals surface area contributed by atoms with Gasteiger partial charge >= 0.3 is 0 Å². The lowest BCUT2D eigenvalue weighted by molar-refractivity contribution is -0.127. The monoisotopic (exact) mass is 414 g/mol. The first-order valence-electron chi connectivity index (χ1n) is 10.2. The van der Waals surface area contributed by atoms with Crippen LogP contribution in [0.1, 0.15) is 32.1 Å². The molecule has 0 atom stereocenters. The molecule has 1 aromatic heterocycles. The van der Waals surface area contributed by atoms with Crippen molar-refractivity contribution in [1.82, 2.24) is 19.7 Å². The smallest absolute Gasteiger partial charge is 0.232 e. The van der Waals surface area contributed by atoms with E-state index in [0.29, 0.717) is 29.2 Å². The zero-order chi connectivity index (χ0) is 20.6. The Morgan fingerprint density at radius 1 is 1.31 bits per heavy atom. The van der Waals surface area contributed by atoms with Gasteiger partial charge in [0.2, 0.25) is 5.91 Å². The Balaban J connectivity index is 1.68. The first kappa shape index (κ1) is 21.4. The summed E-state index contributed by atoms with van der Waals surface area (Å²) in [5.41, 5.74) is 0.872. The molecule has 1 aliphatic carbocycles. The van der Waals surface area contributed by atoms with Gasteiger partial charge in [-0.05, 0) is 30.9 Å². The number of amides is 1. The van der Waals surface area contributed by atoms with Crippen molar-refractivity contribution in [3.8, 4) is 17.1 Å². The summed E-state index contributed by atoms with van der Waals surface area (Å²) in [4.78, 5) is 14.5. The molecule has 0 bridgehead atoms. The van der Waals surface area contributed by atoms with Crippen LogP contribution in [0.4, 0.5) is 0 Å². The highest BCUT2D eigenvalue weighted by Gasteiger charge is 2.21. The van der Waals surface area contributed by atoms with E-state index in [9.17, 15) is 4.79 Å². The number of thioether (sulfide) groups is 1. The zero-order valence-corrected chi connectivity index (χ0v) is 18.2. The number of ether oxygens (including phenoxy) is 1. The van der Waals surface area contributed by atoms with E-state index in [1.54, 1.807) is 7.11 Å². The van der Waals surface area contributed by atoms with E-state index in [0.717, 1.165) is 17.9 Å². The quantitative estimate of drug-likeness (QED) is 0.453. The molecule has 0 radical (unpaired) electrons. The number of carbonyl (C=O) groups is 1. The summed E-state index contributed by atoms with van der Waals surface area (Å²) in [7, 11) is 3.55. The van der Waals surface area contributed by atoms with E-state index in [1.807, 2.05) is 46.9 Å². The summed E-state index contributed by atoms with van der Waals surface area (Å²) in [6, 6.07) is 7.73. The SMILES string of the molecule is C=CCn1c(SCC(=O)N(C)CC2CCCCC2)nnc1-c1ccccc1OC. The van der Waals surface area contributed by atoms with Crippen molar-refractivity contribution in [2.24, 2.45) is 5.92 Å². The fourth-order valence-corrected chi connectivity index (χ4v) is 4.70. The van der Waals surface area contributed by atoms with E-state index < -0.39 is 0 Å². The maximum atomic E-state index is 12.6. The average molecular weight is 415 g/mol. The Kier molecular flexibility index (Phi) is 7.75. The van der Waals surface area contributed by atoms with Crippen LogP contribution in [0.5, 0.6) is 5.75 Å². The van der Waals surface area contributed by atoms with Gasteiger partial charge in [0.05, 0.1) is 18.4 Å². The van der Waals surface area contributed by atoms with Crippen LogP contribution in [0.2, 0.25) is 0 Å². The Morgan fingerprint density at radius 3 is 2.79 bits per heavy atom. The number of nitrogens with zero attached hydrogens (tertiary/aromatic N) is 4. The van der Waals surface area contributed by atoms with Crippen molar-refractivity contribution in [1.29, 1.82) is 0 Å². The van der Waals surface area contributed by atoms with Crippen molar-refractivity contribution in [3.05, 3.63) is 36.9 Å². The minimum absolute atomic E-state index is 0.132. The second-order valence-corrected chi connectivity index (χ2v) is 8.42. The molecule has 1 aliphatic rings. The number of carbonyl (C=O) groups excluding carboxylic acids is 1. The summed E-state index contributed by atoms with van der Waals surface area (Å²) in [6.07, 6.45) is 8.19. The van der Waals surface area contributed by atoms with Gasteiger partial charge < -0.3 is 9.64 Å². The van der Waals surface area contributed by atoms with E-state index in [4.69, 9.17) is 4.74 Å². The lowest BCUT2D eigenvalue weighted by Crippen LogP contribution is -2.33. The third-order valence-electron chi connectivity index (χ3n) is 5.38. The predicted molar refractivity (Wildman–Crippen MR) is 117 cm³/mol. The largest absolute Gasteiger partial charge is 0.496 e. The molecule has 156 valence electrons. The van der Waals surface area contributed by atoms with Crippen molar-refractivity contribution in [2.75, 3.05) is 26.5 Å². The zero-order valence-electron chi connectivity index (χ0n) is 17.3. The maximum Gasteiger partial charge on any atom is 0.232 e. The van der Waals surface area contributed by atoms with Crippen LogP contribution in [0.25, 0.3) is 11.4 Å². The Labute approximate surface area is 177 Å². The standard InChI is InChI=1S/C22H30N4O2S/c1-4-14-26-21(18-12-8-9-13-19(18)28-3)23-24-22(26)29-16-20(27)25(2)15-17-10-6-5-7-11-17/h4,8-9,12-13,17H,1,5-7,10-11,14-16H2,2-3H3. The molecular weight excluding hydrogens is 384 g/mol. The van der Waals surface area contributed by atoms with Crippen molar-refractivity contribution in [2.45, 2.75) is 43.8 Å². The molecule has 0 saturated heterocycles. The van der Waals surface area contributed by atoms with E-state index in [-0.39, 0.29) is 5.91 Å². The summed E-state index contributed by atoms with van der Waals surface area (Å²) < 4.78 is 7.45. The van der Waals surface area contributed by atoms with Gasteiger partial charge in [-0.1, -0.05) is 49.2 Å². The first-order valence-corrected chi connectivity index (χ1v) is 11.2. The first-order chi connectivity index (χ1) is 14.1. The van der Waals surface area contributed by atoms with Crippen LogP contribution in [0.3, 0.4) is 0 Å². The second-order valence-electron chi connectivity index (χ2n) is 7.47. The summed E-state index contributed by atoms with van der Waals surface area (Å²) in [5, 5.41) is 9.42. The molecule has 1 fully saturated rings. The Hall–Kier alpha value is -2.28. The van der Waals surface area contributed by atoms with Crippen LogP contribution in [-0.4, -0.2) is 52.0 Å². The normalized spacial score (nSPS) is 14.6. The molecule has 0 N–H and O–H groups in total. The highest BCUT2D eigenvalue weighted by Crippen LogP contribution is 2.31. The highest BCUT2D eigenvalue weighted by atomic mass is 32.2. The third-order valence-corrected chi connectivity index (χ3v) is 6.34. The molecule has 1 heterocycles. The molecule has 3 rings (SSSR count). The molecule has 7 heteroatoms. The molecule has 1 amide bonds. The molecule has 6 nitrogen and oxygen atoms in total. The molecule has 0 unspecified atom stereocenters. The molecule has 1 aromatic carbocycles. The van der Waals surface area contributed by atoms with E-state index in [1.165, 1.54) is 43.9 Å². The van der Waals surface area contributed by atoms with E-state index in [2.05, 4.69) is 16.8 Å². The Bertz CT molecular complexity index is 830. The van der Waals surface area contributed by atoms with Gasteiger partial charge in [-0.2, -0.15) is 0 Å². The van der Waals surface area contributed by atoms with Crippen molar-refractivity contribution >= 4 is 17.7 Å². The van der Waals surface area contributed by atoms with Gasteiger partial charge in [-0.25, -0.2) is 0 Å². The fraction of sp³-hybridized carbons (Fsp3) is 0.500. The third kappa shape index (κ3) is 5.41. The van der Waals surface area contributed by atoms with Crippen molar-refractivity contribution < 1.29 is 9.53 Å². The van der Waals surface area contributed by atoms with E-state index >= 15 is 0 Å². The molecule has 0 spiro atoms. The predicted octanol–water partition coefficient (Wildman–Crippen LogP) is 4.27. The summed E-state index contributed by atoms with van der Waals surface area (Å²) >= 11 is 1.42. The van der Waals surface area contributed by atoms with Crippen LogP contribution in [0, 0.1) is 5.92 Å². The number of benzene rings is 1. The minimum Gasteiger partial charge on any atom is -0.496 e. The lowest BCUT2D eigenvalue weighted by atomic mass is 9.89. The minimum atomic E-state index is 0.132. The van der Waals surface area contributed by atoms with Crippen LogP contribution >= 0.6 is 11.8 Å². The number of para-hydroxylation sites is 1. The summed E-state index contributed by atoms with van der Waals surface area (Å²) in [5.74, 6) is 2.58. The average Bonchev–Trinajstić information content (AvgIpc) is 3.15. The van der Waals surface area contributed by atoms with Gasteiger partial charge in [0.25, 0.3) is 0 Å². The number of methoxy groups -OCH3 is 1. The van der Waals surface area contributed by atoms with Gasteiger partial charge in [-0.3, -0.25) is 9.36 Å². The number of allylic oxidation sites excluding steroid dienone is 1. The van der Waals surface area contributed by atoms with Gasteiger partial charge in [0, 0.05) is 20.1 Å². The number of hydrogen-bond acceptors (Lipinski definition) is 5. The van der Waals surface area contributed by atoms with Gasteiger partial charge in [0.1, 0.15) is 5.75 Å². The molecule has 2 aromatic rings. The number of hydrogen-bond donors (Lipinski definition) is 0. The van der Waals surface area contributed by atoms with Gasteiger partial charge in [0.15, 0.2) is 11.0 Å². The summed E-state index contributed by atoms with van der Waals surface area (Å²) in [6.45, 7) is 5.27. The van der Waals surface area contributed by atoms with Gasteiger partial charge in [-0.15, -0.1) is 16.8 Å². The number of rotatable bonds is 9. The molecule has 0 aliphatic heterocycles. The highest BCUT2D eigenvalue weighted by molar-refractivity contribution is 7.99. The van der Waals surface area contributed by atoms with Crippen molar-refractivity contribution in [3.63, 3.8) is 0 Å².